The summed E-state index contributed by atoms with van der Waals surface area (Å²) in [6.07, 6.45) is 3.22. The van der Waals surface area contributed by atoms with Crippen molar-refractivity contribution in [3.05, 3.63) is 71.6 Å². The minimum atomic E-state index is -0.208. The zero-order chi connectivity index (χ0) is 20.2. The normalized spacial score (nSPS) is 12.3. The van der Waals surface area contributed by atoms with Gasteiger partial charge in [0.15, 0.2) is 16.7 Å². The molecule has 1 amide bonds. The first-order valence-corrected chi connectivity index (χ1v) is 9.86. The van der Waals surface area contributed by atoms with Crippen molar-refractivity contribution in [1.29, 1.82) is 0 Å². The summed E-state index contributed by atoms with van der Waals surface area (Å²) >= 11 is 1.49. The molecule has 0 spiro atoms. The average molecular weight is 405 g/mol. The third-order valence-electron chi connectivity index (χ3n) is 4.12. The highest BCUT2D eigenvalue weighted by atomic mass is 32.2. The van der Waals surface area contributed by atoms with Crippen LogP contribution in [0.25, 0.3) is 6.08 Å². The first-order valence-electron chi connectivity index (χ1n) is 9.04. The van der Waals surface area contributed by atoms with Crippen LogP contribution in [0.2, 0.25) is 0 Å². The molecule has 2 heterocycles. The maximum atomic E-state index is 12.2. The number of aryl methyl sites for hydroxylation is 2. The lowest BCUT2D eigenvalue weighted by molar-refractivity contribution is -0.111. The minimum absolute atomic E-state index is 0.208. The van der Waals surface area contributed by atoms with Gasteiger partial charge in [0, 0.05) is 28.0 Å². The molecule has 0 fully saturated rings. The zero-order valence-corrected chi connectivity index (χ0v) is 16.8. The molecule has 6 nitrogen and oxygen atoms in total. The number of hydrogen-bond donors (Lipinski definition) is 1. The minimum Gasteiger partial charge on any atom is -0.454 e. The Morgan fingerprint density at radius 3 is 2.48 bits per heavy atom. The van der Waals surface area contributed by atoms with Gasteiger partial charge in [0.1, 0.15) is 0 Å². The summed E-state index contributed by atoms with van der Waals surface area (Å²) in [5, 5.41) is 3.57. The number of aromatic nitrogens is 2. The number of carbonyl (C=O) groups is 1. The van der Waals surface area contributed by atoms with E-state index in [0.717, 1.165) is 33.3 Å². The number of nitrogens with zero attached hydrogens (tertiary/aromatic N) is 2. The van der Waals surface area contributed by atoms with E-state index in [1.165, 1.54) is 17.8 Å². The predicted octanol–water partition coefficient (Wildman–Crippen LogP) is 4.63. The van der Waals surface area contributed by atoms with Gasteiger partial charge in [-0.25, -0.2) is 9.97 Å². The number of ether oxygens (including phenoxy) is 2. The molecular formula is C22H19N3O3S. The Kier molecular flexibility index (Phi) is 5.48. The van der Waals surface area contributed by atoms with Crippen molar-refractivity contribution < 1.29 is 14.3 Å². The zero-order valence-electron chi connectivity index (χ0n) is 16.0. The van der Waals surface area contributed by atoms with Crippen molar-refractivity contribution >= 4 is 29.4 Å². The lowest BCUT2D eigenvalue weighted by Crippen LogP contribution is -2.07. The molecule has 0 aliphatic carbocycles. The smallest absolute Gasteiger partial charge is 0.248 e. The van der Waals surface area contributed by atoms with Crippen LogP contribution < -0.4 is 14.8 Å². The third-order valence-corrected chi connectivity index (χ3v) is 4.99. The number of nitrogens with one attached hydrogen (secondary N) is 1. The highest BCUT2D eigenvalue weighted by Gasteiger charge is 2.12. The van der Waals surface area contributed by atoms with Crippen molar-refractivity contribution in [1.82, 2.24) is 9.97 Å². The summed E-state index contributed by atoms with van der Waals surface area (Å²) in [5.41, 5.74) is 3.47. The van der Waals surface area contributed by atoms with Crippen LogP contribution in [0.15, 0.2) is 64.7 Å². The number of hydrogen-bond acceptors (Lipinski definition) is 6. The maximum absolute atomic E-state index is 12.2. The van der Waals surface area contributed by atoms with Gasteiger partial charge in [0.2, 0.25) is 12.7 Å². The van der Waals surface area contributed by atoms with Gasteiger partial charge in [-0.2, -0.15) is 0 Å². The molecule has 7 heteroatoms. The molecule has 1 aliphatic rings. The van der Waals surface area contributed by atoms with Gasteiger partial charge in [0.05, 0.1) is 0 Å². The maximum Gasteiger partial charge on any atom is 0.248 e. The summed E-state index contributed by atoms with van der Waals surface area (Å²) in [4.78, 5) is 22.1. The van der Waals surface area contributed by atoms with Crippen LogP contribution in [-0.2, 0) is 4.79 Å². The van der Waals surface area contributed by atoms with Gasteiger partial charge in [0.25, 0.3) is 0 Å². The van der Waals surface area contributed by atoms with Crippen molar-refractivity contribution in [3.63, 3.8) is 0 Å². The number of benzene rings is 2. The fourth-order valence-electron chi connectivity index (χ4n) is 2.82. The Morgan fingerprint density at radius 1 is 1.00 bits per heavy atom. The van der Waals surface area contributed by atoms with E-state index >= 15 is 0 Å². The Labute approximate surface area is 173 Å². The largest absolute Gasteiger partial charge is 0.454 e. The highest BCUT2D eigenvalue weighted by molar-refractivity contribution is 7.99. The summed E-state index contributed by atoms with van der Waals surface area (Å²) < 4.78 is 10.6. The van der Waals surface area contributed by atoms with Gasteiger partial charge >= 0.3 is 0 Å². The molecular weight excluding hydrogens is 386 g/mol. The third kappa shape index (κ3) is 4.94. The monoisotopic (exact) mass is 405 g/mol. The molecule has 0 radical (unpaired) electrons. The van der Waals surface area contributed by atoms with Crippen LogP contribution >= 0.6 is 11.8 Å². The lowest BCUT2D eigenvalue weighted by Gasteiger charge is -2.05. The molecule has 0 saturated carbocycles. The second kappa shape index (κ2) is 8.36. The van der Waals surface area contributed by atoms with Crippen LogP contribution in [0.4, 0.5) is 5.69 Å². The number of fused-ring (bicyclic) bond motifs is 1. The SMILES string of the molecule is Cc1cc(C)nc(Sc2ccc(NC(=O)/C=C\c3ccc4c(c3)OCO4)cc2)n1. The first-order chi connectivity index (χ1) is 14.0. The summed E-state index contributed by atoms with van der Waals surface area (Å²) in [7, 11) is 0. The highest BCUT2D eigenvalue weighted by Crippen LogP contribution is 2.32. The molecule has 3 aromatic rings. The summed E-state index contributed by atoms with van der Waals surface area (Å²) in [6, 6.07) is 15.1. The van der Waals surface area contributed by atoms with Gasteiger partial charge in [-0.15, -0.1) is 0 Å². The van der Waals surface area contributed by atoms with Gasteiger partial charge in [-0.05, 0) is 79.7 Å². The van der Waals surface area contributed by atoms with Crippen LogP contribution in [0.5, 0.6) is 11.5 Å². The average Bonchev–Trinajstić information content (AvgIpc) is 3.15. The van der Waals surface area contributed by atoms with Crippen LogP contribution in [-0.4, -0.2) is 22.7 Å². The topological polar surface area (TPSA) is 73.3 Å². The molecule has 4 rings (SSSR count). The molecule has 146 valence electrons. The second-order valence-electron chi connectivity index (χ2n) is 6.50. The molecule has 1 aliphatic heterocycles. The number of carbonyl (C=O) groups excluding carboxylic acids is 1. The first kappa shape index (κ1) is 19.0. The summed E-state index contributed by atoms with van der Waals surface area (Å²) in [5.74, 6) is 1.20. The number of anilines is 1. The Hall–Kier alpha value is -3.32. The fraction of sp³-hybridized carbons (Fsp3) is 0.136. The number of rotatable bonds is 5. The molecule has 1 aromatic heterocycles. The van der Waals surface area contributed by atoms with Gasteiger partial charge in [-0.1, -0.05) is 6.07 Å². The van der Waals surface area contributed by atoms with E-state index in [0.29, 0.717) is 10.9 Å². The Bertz CT molecular complexity index is 1060. The van der Waals surface area contributed by atoms with Crippen molar-refractivity contribution in [2.45, 2.75) is 23.9 Å². The van der Waals surface area contributed by atoms with E-state index in [9.17, 15) is 4.79 Å². The van der Waals surface area contributed by atoms with E-state index in [1.54, 1.807) is 6.08 Å². The Morgan fingerprint density at radius 2 is 1.72 bits per heavy atom. The predicted molar refractivity (Wildman–Crippen MR) is 112 cm³/mol. The molecule has 0 bridgehead atoms. The van der Waals surface area contributed by atoms with Crippen LogP contribution in [0.1, 0.15) is 17.0 Å². The molecule has 0 saturated heterocycles. The van der Waals surface area contributed by atoms with E-state index in [4.69, 9.17) is 9.47 Å². The number of amides is 1. The standard InChI is InChI=1S/C22H19N3O3S/c1-14-11-15(2)24-22(23-14)29-18-7-5-17(6-8-18)25-21(26)10-4-16-3-9-19-20(12-16)28-13-27-19/h3-12H,13H2,1-2H3,(H,25,26)/b10-4-. The van der Waals surface area contributed by atoms with Gasteiger partial charge < -0.3 is 14.8 Å². The van der Waals surface area contributed by atoms with Crippen molar-refractivity contribution in [3.8, 4) is 11.5 Å². The van der Waals surface area contributed by atoms with Gasteiger partial charge in [-0.3, -0.25) is 4.79 Å². The van der Waals surface area contributed by atoms with E-state index < -0.39 is 0 Å². The van der Waals surface area contributed by atoms with Crippen LogP contribution in [0, 0.1) is 13.8 Å². The van der Waals surface area contributed by atoms with E-state index in [-0.39, 0.29) is 12.7 Å². The molecule has 1 N–H and O–H groups in total. The Balaban J connectivity index is 1.36. The second-order valence-corrected chi connectivity index (χ2v) is 7.54. The molecule has 0 unspecified atom stereocenters. The lowest BCUT2D eigenvalue weighted by atomic mass is 10.2. The molecule has 29 heavy (non-hydrogen) atoms. The molecule has 2 aromatic carbocycles. The summed E-state index contributed by atoms with van der Waals surface area (Å²) in [6.45, 7) is 4.13. The van der Waals surface area contributed by atoms with Crippen molar-refractivity contribution in [2.24, 2.45) is 0 Å². The molecule has 0 atom stereocenters. The van der Waals surface area contributed by atoms with E-state index in [2.05, 4.69) is 15.3 Å². The van der Waals surface area contributed by atoms with Crippen molar-refractivity contribution in [2.75, 3.05) is 12.1 Å². The van der Waals surface area contributed by atoms with E-state index in [1.807, 2.05) is 62.4 Å². The van der Waals surface area contributed by atoms with Crippen LogP contribution in [0.3, 0.4) is 0 Å². The quantitative estimate of drug-likeness (QED) is 0.493. The fourth-order valence-corrected chi connectivity index (χ4v) is 3.69.